The van der Waals surface area contributed by atoms with Gasteiger partial charge in [0.05, 0.1) is 10.8 Å². The molecule has 0 saturated heterocycles. The molecule has 2 spiro atoms. The SMILES string of the molecule is c1ccc2c(c1)Oc1ccccc1C21c2ccccc2-c2c(-c3cccc4c(-c5cccc6ccccc56)c5cccc(-c6cccc7c6-c6ccccc6C76c7ccccc7Oc7ccccc76)c5cc34)cccc21. The van der Waals surface area contributed by atoms with Crippen molar-refractivity contribution in [2.24, 2.45) is 0 Å². The average Bonchev–Trinajstić information content (AvgIpc) is 4.10. The van der Waals surface area contributed by atoms with Crippen LogP contribution in [0.4, 0.5) is 0 Å². The molecule has 2 aliphatic carbocycles. The molecule has 0 saturated carbocycles. The molecule has 0 atom stereocenters. The average molecular weight is 965 g/mol. The Morgan fingerprint density at radius 1 is 0.197 bits per heavy atom. The van der Waals surface area contributed by atoms with Crippen molar-refractivity contribution in [3.63, 3.8) is 0 Å². The Kier molecular flexibility index (Phi) is 8.44. The molecule has 2 nitrogen and oxygen atoms in total. The normalized spacial score (nSPS) is 14.2. The highest BCUT2D eigenvalue weighted by atomic mass is 16.5. The van der Waals surface area contributed by atoms with Crippen molar-refractivity contribution < 1.29 is 9.47 Å². The molecule has 0 amide bonds. The number of hydrogen-bond donors (Lipinski definition) is 0. The predicted molar refractivity (Wildman–Crippen MR) is 310 cm³/mol. The van der Waals surface area contributed by atoms with Crippen LogP contribution in [0.2, 0.25) is 0 Å². The Hall–Kier alpha value is -9.76. The molecule has 2 heteroatoms. The fraction of sp³-hybridized carbons (Fsp3) is 0.0270. The number of hydrogen-bond acceptors (Lipinski definition) is 2. The molecule has 0 fully saturated rings. The van der Waals surface area contributed by atoms with Gasteiger partial charge in [-0.2, -0.15) is 0 Å². The quantitative estimate of drug-likeness (QED) is 0.164. The predicted octanol–water partition coefficient (Wildman–Crippen LogP) is 19.1. The topological polar surface area (TPSA) is 18.5 Å². The van der Waals surface area contributed by atoms with Gasteiger partial charge in [-0.25, -0.2) is 0 Å². The summed E-state index contributed by atoms with van der Waals surface area (Å²) in [5.41, 5.74) is 20.9. The maximum absolute atomic E-state index is 6.75. The number of ether oxygens (including phenoxy) is 2. The first-order valence-electron chi connectivity index (χ1n) is 26.4. The van der Waals surface area contributed by atoms with E-state index < -0.39 is 10.8 Å². The number of para-hydroxylation sites is 4. The van der Waals surface area contributed by atoms with Crippen LogP contribution < -0.4 is 9.47 Å². The highest BCUT2D eigenvalue weighted by Gasteiger charge is 2.53. The molecule has 2 heterocycles. The molecule has 13 aromatic rings. The lowest BCUT2D eigenvalue weighted by atomic mass is 9.66. The van der Waals surface area contributed by atoms with Crippen LogP contribution in [0.25, 0.3) is 88.0 Å². The first-order valence-corrected chi connectivity index (χ1v) is 26.4. The van der Waals surface area contributed by atoms with E-state index in [9.17, 15) is 0 Å². The van der Waals surface area contributed by atoms with Crippen molar-refractivity contribution >= 4 is 32.3 Å². The van der Waals surface area contributed by atoms with E-state index in [0.717, 1.165) is 45.3 Å². The summed E-state index contributed by atoms with van der Waals surface area (Å²) in [7, 11) is 0. The molecule has 17 rings (SSSR count). The van der Waals surface area contributed by atoms with Crippen molar-refractivity contribution in [3.05, 3.63) is 311 Å². The summed E-state index contributed by atoms with van der Waals surface area (Å²) in [6.45, 7) is 0. The molecular weight excluding hydrogens is 921 g/mol. The van der Waals surface area contributed by atoms with Gasteiger partial charge in [0.2, 0.25) is 0 Å². The van der Waals surface area contributed by atoms with Gasteiger partial charge in [-0.15, -0.1) is 0 Å². The summed E-state index contributed by atoms with van der Waals surface area (Å²) in [6.07, 6.45) is 0. The van der Waals surface area contributed by atoms with Gasteiger partial charge < -0.3 is 9.47 Å². The van der Waals surface area contributed by atoms with Crippen molar-refractivity contribution in [1.29, 1.82) is 0 Å². The van der Waals surface area contributed by atoms with Gasteiger partial charge in [-0.1, -0.05) is 237 Å². The van der Waals surface area contributed by atoms with Crippen LogP contribution in [0.3, 0.4) is 0 Å². The highest BCUT2D eigenvalue weighted by Crippen LogP contribution is 2.66. The van der Waals surface area contributed by atoms with E-state index in [1.54, 1.807) is 0 Å². The molecule has 0 unspecified atom stereocenters. The highest BCUT2D eigenvalue weighted by molar-refractivity contribution is 6.22. The van der Waals surface area contributed by atoms with Gasteiger partial charge >= 0.3 is 0 Å². The molecule has 352 valence electrons. The zero-order valence-corrected chi connectivity index (χ0v) is 41.2. The first kappa shape index (κ1) is 41.7. The molecule has 0 bridgehead atoms. The van der Waals surface area contributed by atoms with Gasteiger partial charge in [-0.3, -0.25) is 0 Å². The van der Waals surface area contributed by atoms with E-state index in [1.807, 2.05) is 0 Å². The third kappa shape index (κ3) is 5.25. The molecule has 0 aromatic heterocycles. The standard InChI is InChI=1S/C74H44O2/c1-2-22-46-45(20-1)21-15-27-49(46)70-52-28-16-25-47(50-30-18-38-64-71(50)54-23-3-5-32-58(54)73(64)60-34-7-11-40-66(60)75-67-41-12-8-35-61(67)73)56(52)44-57-48(26-17-29-53(57)70)51-31-19-39-65-72(51)55-24-4-6-33-59(55)74(65)62-36-9-13-42-68(62)76-69-43-14-10-37-63(69)74/h1-44H. The second-order valence-corrected chi connectivity index (χ2v) is 20.8. The van der Waals surface area contributed by atoms with Crippen LogP contribution >= 0.6 is 0 Å². The van der Waals surface area contributed by atoms with Crippen molar-refractivity contribution in [1.82, 2.24) is 0 Å². The van der Waals surface area contributed by atoms with Crippen LogP contribution in [0.15, 0.2) is 267 Å². The van der Waals surface area contributed by atoms with Gasteiger partial charge in [0.15, 0.2) is 0 Å². The molecule has 0 N–H and O–H groups in total. The molecular formula is C74H44O2. The summed E-state index contributed by atoms with van der Waals surface area (Å²) >= 11 is 0. The fourth-order valence-electron chi connectivity index (χ4n) is 14.6. The lowest BCUT2D eigenvalue weighted by Gasteiger charge is -2.39. The molecule has 76 heavy (non-hydrogen) atoms. The second-order valence-electron chi connectivity index (χ2n) is 20.8. The van der Waals surface area contributed by atoms with Crippen LogP contribution in [0.5, 0.6) is 23.0 Å². The van der Waals surface area contributed by atoms with Crippen molar-refractivity contribution in [2.45, 2.75) is 10.8 Å². The van der Waals surface area contributed by atoms with Crippen molar-refractivity contribution in [3.8, 4) is 78.6 Å². The minimum absolute atomic E-state index is 0.585. The Bertz CT molecular complexity index is 4320. The van der Waals surface area contributed by atoms with Gasteiger partial charge in [0, 0.05) is 22.3 Å². The first-order chi connectivity index (χ1) is 37.7. The Labute approximate surface area is 440 Å². The van der Waals surface area contributed by atoms with Crippen LogP contribution in [0, 0.1) is 0 Å². The van der Waals surface area contributed by atoms with E-state index >= 15 is 0 Å². The fourth-order valence-corrected chi connectivity index (χ4v) is 14.6. The molecule has 4 aliphatic rings. The Balaban J connectivity index is 0.986. The minimum atomic E-state index is -0.585. The minimum Gasteiger partial charge on any atom is -0.457 e. The van der Waals surface area contributed by atoms with Crippen molar-refractivity contribution in [2.75, 3.05) is 0 Å². The molecule has 2 aliphatic heterocycles. The molecule has 0 radical (unpaired) electrons. The Morgan fingerprint density at radius 2 is 0.513 bits per heavy atom. The van der Waals surface area contributed by atoms with Crippen LogP contribution in [-0.2, 0) is 10.8 Å². The van der Waals surface area contributed by atoms with E-state index in [1.165, 1.54) is 110 Å². The van der Waals surface area contributed by atoms with E-state index in [-0.39, 0.29) is 0 Å². The zero-order valence-electron chi connectivity index (χ0n) is 41.2. The van der Waals surface area contributed by atoms with E-state index in [4.69, 9.17) is 9.47 Å². The lowest BCUT2D eigenvalue weighted by Crippen LogP contribution is -2.32. The summed E-state index contributed by atoms with van der Waals surface area (Å²) in [4.78, 5) is 0. The lowest BCUT2D eigenvalue weighted by molar-refractivity contribution is 0.436. The van der Waals surface area contributed by atoms with E-state index in [0.29, 0.717) is 0 Å². The summed E-state index contributed by atoms with van der Waals surface area (Å²) in [6, 6.07) is 98.9. The summed E-state index contributed by atoms with van der Waals surface area (Å²) < 4.78 is 13.5. The Morgan fingerprint density at radius 3 is 1.00 bits per heavy atom. The maximum atomic E-state index is 6.75. The monoisotopic (exact) mass is 964 g/mol. The largest absolute Gasteiger partial charge is 0.457 e. The zero-order chi connectivity index (χ0) is 49.7. The molecule has 13 aromatic carbocycles. The smallest absolute Gasteiger partial charge is 0.132 e. The summed E-state index contributed by atoms with van der Waals surface area (Å²) in [5, 5.41) is 7.31. The number of rotatable bonds is 3. The number of fused-ring (bicyclic) bond motifs is 21. The van der Waals surface area contributed by atoms with Gasteiger partial charge in [-0.05, 0) is 141 Å². The van der Waals surface area contributed by atoms with Crippen LogP contribution in [-0.4, -0.2) is 0 Å². The van der Waals surface area contributed by atoms with Gasteiger partial charge in [0.1, 0.15) is 23.0 Å². The summed E-state index contributed by atoms with van der Waals surface area (Å²) in [5.74, 6) is 3.57. The van der Waals surface area contributed by atoms with E-state index in [2.05, 4.69) is 267 Å². The number of benzene rings is 13. The second kappa shape index (κ2) is 15.4. The van der Waals surface area contributed by atoms with Gasteiger partial charge in [0.25, 0.3) is 0 Å². The van der Waals surface area contributed by atoms with Crippen LogP contribution in [0.1, 0.15) is 44.5 Å². The maximum Gasteiger partial charge on any atom is 0.132 e. The third-order valence-corrected chi connectivity index (χ3v) is 17.4. The third-order valence-electron chi connectivity index (χ3n) is 17.4.